The van der Waals surface area contributed by atoms with Gasteiger partial charge >= 0.3 is 0 Å². The maximum atomic E-state index is 5.41. The quantitative estimate of drug-likeness (QED) is 0.671. The van der Waals surface area contributed by atoms with Crippen LogP contribution >= 0.6 is 0 Å². The minimum atomic E-state index is -0.152. The standard InChI is InChI=1S/C21H27N5O2/c1-15-6-4-7-17-18(8-9-22-20(15)17)26-11-5-10-25(12-13-26)14-19-23-21(24-28-19)16(2)27-3/h4,6-9,16H,5,10-14H2,1-3H3. The van der Waals surface area contributed by atoms with E-state index in [4.69, 9.17) is 9.26 Å². The van der Waals surface area contributed by atoms with Gasteiger partial charge in [-0.05, 0) is 31.9 Å². The second-order valence-electron chi connectivity index (χ2n) is 7.34. The van der Waals surface area contributed by atoms with Gasteiger partial charge in [-0.25, -0.2) is 0 Å². The third-order valence-corrected chi connectivity index (χ3v) is 5.44. The SMILES string of the molecule is COC(C)c1noc(CN2CCCN(c3ccnc4c(C)cccc34)CC2)n1. The van der Waals surface area contributed by atoms with Crippen LogP contribution in [0, 0.1) is 6.92 Å². The van der Waals surface area contributed by atoms with Crippen LogP contribution in [0.2, 0.25) is 0 Å². The van der Waals surface area contributed by atoms with Gasteiger partial charge in [0.15, 0.2) is 5.82 Å². The summed E-state index contributed by atoms with van der Waals surface area (Å²) in [6, 6.07) is 8.53. The molecule has 1 atom stereocenters. The molecule has 0 bridgehead atoms. The first-order valence-electron chi connectivity index (χ1n) is 9.82. The molecule has 0 N–H and O–H groups in total. The highest BCUT2D eigenvalue weighted by molar-refractivity contribution is 5.93. The van der Waals surface area contributed by atoms with Gasteiger partial charge in [0.25, 0.3) is 0 Å². The molecule has 4 rings (SSSR count). The summed E-state index contributed by atoms with van der Waals surface area (Å²) in [6.07, 6.45) is 2.86. The van der Waals surface area contributed by atoms with E-state index < -0.39 is 0 Å². The Morgan fingerprint density at radius 1 is 1.18 bits per heavy atom. The summed E-state index contributed by atoms with van der Waals surface area (Å²) in [5, 5.41) is 5.25. The van der Waals surface area contributed by atoms with Crippen molar-refractivity contribution in [2.45, 2.75) is 32.9 Å². The van der Waals surface area contributed by atoms with Crippen LogP contribution in [-0.4, -0.2) is 53.3 Å². The fourth-order valence-corrected chi connectivity index (χ4v) is 3.75. The van der Waals surface area contributed by atoms with Crippen LogP contribution in [0.1, 0.15) is 36.7 Å². The highest BCUT2D eigenvalue weighted by Crippen LogP contribution is 2.28. The van der Waals surface area contributed by atoms with Crippen LogP contribution in [-0.2, 0) is 11.3 Å². The second kappa shape index (κ2) is 8.24. The maximum absolute atomic E-state index is 5.41. The normalized spacial score (nSPS) is 17.0. The zero-order valence-electron chi connectivity index (χ0n) is 16.8. The van der Waals surface area contributed by atoms with E-state index in [1.165, 1.54) is 16.6 Å². The van der Waals surface area contributed by atoms with Crippen molar-refractivity contribution in [2.75, 3.05) is 38.2 Å². The first kappa shape index (κ1) is 18.8. The van der Waals surface area contributed by atoms with E-state index in [9.17, 15) is 0 Å². The van der Waals surface area contributed by atoms with Crippen molar-refractivity contribution in [2.24, 2.45) is 0 Å². The predicted molar refractivity (Wildman–Crippen MR) is 108 cm³/mol. The molecule has 0 saturated carbocycles. The summed E-state index contributed by atoms with van der Waals surface area (Å²) >= 11 is 0. The Labute approximate surface area is 165 Å². The number of fused-ring (bicyclic) bond motifs is 1. The lowest BCUT2D eigenvalue weighted by Gasteiger charge is -2.24. The van der Waals surface area contributed by atoms with Gasteiger partial charge in [0.1, 0.15) is 6.10 Å². The number of aromatic nitrogens is 3. The number of para-hydroxylation sites is 1. The minimum Gasteiger partial charge on any atom is -0.374 e. The first-order valence-corrected chi connectivity index (χ1v) is 9.82. The molecule has 7 nitrogen and oxygen atoms in total. The van der Waals surface area contributed by atoms with Crippen LogP contribution in [0.4, 0.5) is 5.69 Å². The van der Waals surface area contributed by atoms with E-state index >= 15 is 0 Å². The summed E-state index contributed by atoms with van der Waals surface area (Å²) in [7, 11) is 1.65. The molecule has 1 fully saturated rings. The third-order valence-electron chi connectivity index (χ3n) is 5.44. The van der Waals surface area contributed by atoms with Crippen molar-refractivity contribution in [3.8, 4) is 0 Å². The van der Waals surface area contributed by atoms with Crippen molar-refractivity contribution < 1.29 is 9.26 Å². The van der Waals surface area contributed by atoms with Gasteiger partial charge in [-0.3, -0.25) is 9.88 Å². The molecule has 1 aliphatic heterocycles. The monoisotopic (exact) mass is 381 g/mol. The van der Waals surface area contributed by atoms with Gasteiger partial charge in [-0.15, -0.1) is 0 Å². The molecule has 1 unspecified atom stereocenters. The van der Waals surface area contributed by atoms with Crippen LogP contribution in [0.15, 0.2) is 35.0 Å². The highest BCUT2D eigenvalue weighted by atomic mass is 16.5. The fourth-order valence-electron chi connectivity index (χ4n) is 3.75. The largest absolute Gasteiger partial charge is 0.374 e. The lowest BCUT2D eigenvalue weighted by atomic mass is 10.1. The molecule has 1 aliphatic rings. The number of benzene rings is 1. The van der Waals surface area contributed by atoms with Crippen molar-refractivity contribution in [1.29, 1.82) is 0 Å². The lowest BCUT2D eigenvalue weighted by molar-refractivity contribution is 0.109. The average Bonchev–Trinajstić information content (AvgIpc) is 3.06. The molecule has 0 spiro atoms. The van der Waals surface area contributed by atoms with E-state index in [-0.39, 0.29) is 6.10 Å². The number of aryl methyl sites for hydroxylation is 1. The van der Waals surface area contributed by atoms with E-state index in [0.29, 0.717) is 18.3 Å². The summed E-state index contributed by atoms with van der Waals surface area (Å²) in [5.74, 6) is 1.25. The molecule has 148 valence electrons. The molecule has 7 heteroatoms. The number of anilines is 1. The number of hydrogen-bond acceptors (Lipinski definition) is 7. The molecule has 2 aromatic heterocycles. The summed E-state index contributed by atoms with van der Waals surface area (Å²) in [5.41, 5.74) is 3.57. The van der Waals surface area contributed by atoms with E-state index in [0.717, 1.165) is 38.1 Å². The third kappa shape index (κ3) is 3.86. The molecule has 0 aliphatic carbocycles. The second-order valence-corrected chi connectivity index (χ2v) is 7.34. The predicted octanol–water partition coefficient (Wildman–Crippen LogP) is 3.35. The smallest absolute Gasteiger partial charge is 0.240 e. The Kier molecular flexibility index (Phi) is 5.54. The van der Waals surface area contributed by atoms with E-state index in [2.05, 4.69) is 56.1 Å². The minimum absolute atomic E-state index is 0.152. The van der Waals surface area contributed by atoms with E-state index in [1.807, 2.05) is 13.1 Å². The van der Waals surface area contributed by atoms with Crippen LogP contribution in [0.5, 0.6) is 0 Å². The molecular weight excluding hydrogens is 354 g/mol. The molecule has 3 aromatic rings. The Morgan fingerprint density at radius 3 is 2.93 bits per heavy atom. The first-order chi connectivity index (χ1) is 13.7. The van der Waals surface area contributed by atoms with Crippen LogP contribution in [0.25, 0.3) is 10.9 Å². The van der Waals surface area contributed by atoms with Gasteiger partial charge in [0.2, 0.25) is 5.89 Å². The molecule has 1 saturated heterocycles. The molecule has 0 amide bonds. The molecule has 0 radical (unpaired) electrons. The topological polar surface area (TPSA) is 67.5 Å². The molecule has 28 heavy (non-hydrogen) atoms. The number of rotatable bonds is 5. The molecule has 1 aromatic carbocycles. The number of pyridine rings is 1. The Balaban J connectivity index is 1.46. The number of ether oxygens (including phenoxy) is 1. The number of hydrogen-bond donors (Lipinski definition) is 0. The van der Waals surface area contributed by atoms with E-state index in [1.54, 1.807) is 7.11 Å². The summed E-state index contributed by atoms with van der Waals surface area (Å²) < 4.78 is 10.7. The number of methoxy groups -OCH3 is 1. The van der Waals surface area contributed by atoms with Crippen molar-refractivity contribution in [1.82, 2.24) is 20.0 Å². The Bertz CT molecular complexity index is 941. The zero-order valence-corrected chi connectivity index (χ0v) is 16.8. The van der Waals surface area contributed by atoms with Crippen LogP contribution < -0.4 is 4.90 Å². The molecule has 3 heterocycles. The zero-order chi connectivity index (χ0) is 19.5. The van der Waals surface area contributed by atoms with Gasteiger partial charge < -0.3 is 14.2 Å². The van der Waals surface area contributed by atoms with Crippen LogP contribution in [0.3, 0.4) is 0 Å². The van der Waals surface area contributed by atoms with Crippen molar-refractivity contribution >= 4 is 16.6 Å². The maximum Gasteiger partial charge on any atom is 0.240 e. The number of nitrogens with zero attached hydrogens (tertiary/aromatic N) is 5. The van der Waals surface area contributed by atoms with Gasteiger partial charge in [0, 0.05) is 50.6 Å². The lowest BCUT2D eigenvalue weighted by Crippen LogP contribution is -2.30. The molecular formula is C21H27N5O2. The Hall–Kier alpha value is -2.51. The van der Waals surface area contributed by atoms with Crippen molar-refractivity contribution in [3.63, 3.8) is 0 Å². The van der Waals surface area contributed by atoms with Gasteiger partial charge in [-0.1, -0.05) is 23.4 Å². The van der Waals surface area contributed by atoms with Gasteiger partial charge in [-0.2, -0.15) is 4.98 Å². The summed E-state index contributed by atoms with van der Waals surface area (Å²) in [6.45, 7) is 8.66. The highest BCUT2D eigenvalue weighted by Gasteiger charge is 2.20. The Morgan fingerprint density at radius 2 is 2.07 bits per heavy atom. The summed E-state index contributed by atoms with van der Waals surface area (Å²) in [4.78, 5) is 13.9. The fraction of sp³-hybridized carbons (Fsp3) is 0.476. The van der Waals surface area contributed by atoms with Crippen molar-refractivity contribution in [3.05, 3.63) is 47.7 Å². The van der Waals surface area contributed by atoms with Gasteiger partial charge in [0.05, 0.1) is 12.1 Å². The average molecular weight is 381 g/mol.